The first-order valence-electron chi connectivity index (χ1n) is 6.54. The van der Waals surface area contributed by atoms with E-state index in [0.717, 1.165) is 11.6 Å². The third-order valence-corrected chi connectivity index (χ3v) is 3.23. The molecule has 0 bridgehead atoms. The molecule has 0 amide bonds. The maximum absolute atomic E-state index is 14.1. The van der Waals surface area contributed by atoms with Crippen molar-refractivity contribution in [3.8, 4) is 0 Å². The molecule has 0 aliphatic carbocycles. The van der Waals surface area contributed by atoms with Crippen LogP contribution in [-0.4, -0.2) is 17.6 Å². The Labute approximate surface area is 121 Å². The van der Waals surface area contributed by atoms with Crippen LogP contribution in [0.15, 0.2) is 42.5 Å². The molecule has 0 aromatic heterocycles. The Hall–Kier alpha value is -2.43. The van der Waals surface area contributed by atoms with Crippen molar-refractivity contribution in [2.45, 2.75) is 13.5 Å². The third kappa shape index (κ3) is 3.18. The maximum atomic E-state index is 14.1. The molecule has 5 heteroatoms. The van der Waals surface area contributed by atoms with Crippen LogP contribution >= 0.6 is 0 Å². The highest BCUT2D eigenvalue weighted by atomic mass is 19.2. The average Bonchev–Trinajstić information content (AvgIpc) is 2.48. The summed E-state index contributed by atoms with van der Waals surface area (Å²) < 4.78 is 27.8. The van der Waals surface area contributed by atoms with Crippen LogP contribution < -0.4 is 4.90 Å². The van der Waals surface area contributed by atoms with Crippen LogP contribution in [0, 0.1) is 11.6 Å². The van der Waals surface area contributed by atoms with E-state index >= 15 is 0 Å². The smallest absolute Gasteiger partial charge is 0.338 e. The summed E-state index contributed by atoms with van der Waals surface area (Å²) in [6.45, 7) is 2.71. The molecule has 2 aromatic rings. The number of rotatable bonds is 5. The van der Waals surface area contributed by atoms with Crippen LogP contribution in [0.25, 0.3) is 0 Å². The molecule has 21 heavy (non-hydrogen) atoms. The van der Waals surface area contributed by atoms with Crippen LogP contribution in [0.4, 0.5) is 14.5 Å². The summed E-state index contributed by atoms with van der Waals surface area (Å²) in [6, 6.07) is 11.8. The lowest BCUT2D eigenvalue weighted by atomic mass is 10.1. The first-order valence-corrected chi connectivity index (χ1v) is 6.54. The quantitative estimate of drug-likeness (QED) is 0.913. The Kier molecular flexibility index (Phi) is 4.52. The number of benzene rings is 2. The summed E-state index contributed by atoms with van der Waals surface area (Å²) in [4.78, 5) is 12.4. The molecule has 1 N–H and O–H groups in total. The van der Waals surface area contributed by atoms with Crippen molar-refractivity contribution in [3.63, 3.8) is 0 Å². The van der Waals surface area contributed by atoms with E-state index in [-0.39, 0.29) is 5.69 Å². The summed E-state index contributed by atoms with van der Waals surface area (Å²) in [7, 11) is 0. The molecule has 0 spiro atoms. The lowest BCUT2D eigenvalue weighted by molar-refractivity contribution is 0.0690. The molecule has 0 unspecified atom stereocenters. The normalized spacial score (nSPS) is 10.4. The molecule has 0 saturated heterocycles. The second kappa shape index (κ2) is 6.35. The number of carboxylic acid groups (broad SMARTS) is 1. The van der Waals surface area contributed by atoms with Crippen molar-refractivity contribution < 1.29 is 18.7 Å². The van der Waals surface area contributed by atoms with Gasteiger partial charge in [-0.25, -0.2) is 13.6 Å². The number of hydrogen-bond donors (Lipinski definition) is 1. The molecule has 2 rings (SSSR count). The second-order valence-corrected chi connectivity index (χ2v) is 4.57. The van der Waals surface area contributed by atoms with E-state index in [4.69, 9.17) is 5.11 Å². The van der Waals surface area contributed by atoms with Gasteiger partial charge in [-0.05, 0) is 24.6 Å². The highest BCUT2D eigenvalue weighted by Gasteiger charge is 2.20. The number of aromatic carboxylic acids is 1. The van der Waals surface area contributed by atoms with E-state index in [2.05, 4.69) is 0 Å². The zero-order chi connectivity index (χ0) is 15.4. The zero-order valence-electron chi connectivity index (χ0n) is 11.5. The Bertz CT molecular complexity index is 644. The van der Waals surface area contributed by atoms with E-state index in [1.165, 1.54) is 6.07 Å². The largest absolute Gasteiger partial charge is 0.478 e. The minimum Gasteiger partial charge on any atom is -0.478 e. The van der Waals surface area contributed by atoms with Crippen LogP contribution in [0.3, 0.4) is 0 Å². The highest BCUT2D eigenvalue weighted by molar-refractivity contribution is 5.88. The van der Waals surface area contributed by atoms with Crippen LogP contribution in [0.1, 0.15) is 22.8 Å². The maximum Gasteiger partial charge on any atom is 0.338 e. The molecular formula is C16H15F2NO2. The predicted molar refractivity (Wildman–Crippen MR) is 76.5 cm³/mol. The molecule has 0 heterocycles. The number of halogens is 2. The Morgan fingerprint density at radius 2 is 1.76 bits per heavy atom. The van der Waals surface area contributed by atoms with Gasteiger partial charge in [-0.1, -0.05) is 30.3 Å². The van der Waals surface area contributed by atoms with Gasteiger partial charge in [0.15, 0.2) is 11.6 Å². The Morgan fingerprint density at radius 3 is 2.33 bits per heavy atom. The fourth-order valence-corrected chi connectivity index (χ4v) is 2.12. The average molecular weight is 291 g/mol. The van der Waals surface area contributed by atoms with Crippen LogP contribution in [0.5, 0.6) is 0 Å². The molecule has 0 aliphatic rings. The lowest BCUT2D eigenvalue weighted by Crippen LogP contribution is -2.24. The molecule has 0 atom stereocenters. The van der Waals surface area contributed by atoms with E-state index in [0.29, 0.717) is 13.1 Å². The van der Waals surface area contributed by atoms with Crippen molar-refractivity contribution in [1.29, 1.82) is 0 Å². The molecule has 0 aliphatic heterocycles. The highest BCUT2D eigenvalue weighted by Crippen LogP contribution is 2.25. The van der Waals surface area contributed by atoms with Gasteiger partial charge in [-0.3, -0.25) is 0 Å². The Morgan fingerprint density at radius 1 is 1.10 bits per heavy atom. The molecule has 110 valence electrons. The first-order chi connectivity index (χ1) is 10.0. The van der Waals surface area contributed by atoms with E-state index in [9.17, 15) is 13.6 Å². The van der Waals surface area contributed by atoms with Gasteiger partial charge >= 0.3 is 5.97 Å². The number of carboxylic acids is 1. The number of carbonyl (C=O) groups is 1. The summed E-state index contributed by atoms with van der Waals surface area (Å²) in [5.74, 6) is -3.94. The predicted octanol–water partition coefficient (Wildman–Crippen LogP) is 3.69. The third-order valence-electron chi connectivity index (χ3n) is 3.23. The van der Waals surface area contributed by atoms with Crippen molar-refractivity contribution >= 4 is 11.7 Å². The van der Waals surface area contributed by atoms with E-state index < -0.39 is 23.2 Å². The van der Waals surface area contributed by atoms with Gasteiger partial charge < -0.3 is 10.0 Å². The fraction of sp³-hybridized carbons (Fsp3) is 0.188. The number of hydrogen-bond acceptors (Lipinski definition) is 2. The minimum absolute atomic E-state index is 0.0591. The van der Waals surface area contributed by atoms with Crippen molar-refractivity contribution in [2.24, 2.45) is 0 Å². The van der Waals surface area contributed by atoms with Gasteiger partial charge in [0.25, 0.3) is 0 Å². The second-order valence-electron chi connectivity index (χ2n) is 4.57. The van der Waals surface area contributed by atoms with Gasteiger partial charge in [-0.2, -0.15) is 0 Å². The summed E-state index contributed by atoms with van der Waals surface area (Å²) in [5.41, 5.74) is 0.359. The summed E-state index contributed by atoms with van der Waals surface area (Å²) in [5, 5.41) is 8.79. The Balaban J connectivity index is 2.35. The van der Waals surface area contributed by atoms with Gasteiger partial charge in [-0.15, -0.1) is 0 Å². The van der Waals surface area contributed by atoms with Crippen LogP contribution in [-0.2, 0) is 6.54 Å². The standard InChI is InChI=1S/C16H15F2NO2/c1-2-19(10-11-6-4-3-5-7-11)13-9-8-12(16(20)21)14(17)15(13)18/h3-9H,2,10H2,1H3,(H,20,21). The first kappa shape index (κ1) is 15.0. The minimum atomic E-state index is -1.48. The molecule has 0 radical (unpaired) electrons. The van der Waals surface area contributed by atoms with Gasteiger partial charge in [0.05, 0.1) is 11.3 Å². The number of nitrogens with zero attached hydrogens (tertiary/aromatic N) is 1. The lowest BCUT2D eigenvalue weighted by Gasteiger charge is -2.24. The van der Waals surface area contributed by atoms with Gasteiger partial charge in [0.2, 0.25) is 0 Å². The van der Waals surface area contributed by atoms with Crippen LogP contribution in [0.2, 0.25) is 0 Å². The van der Waals surface area contributed by atoms with Crippen molar-refractivity contribution in [3.05, 3.63) is 65.2 Å². The number of anilines is 1. The zero-order valence-corrected chi connectivity index (χ0v) is 11.5. The molecular weight excluding hydrogens is 276 g/mol. The van der Waals surface area contributed by atoms with Gasteiger partial charge in [0, 0.05) is 13.1 Å². The summed E-state index contributed by atoms with van der Waals surface area (Å²) in [6.07, 6.45) is 0. The van der Waals surface area contributed by atoms with E-state index in [1.54, 1.807) is 4.90 Å². The molecule has 0 fully saturated rings. The summed E-state index contributed by atoms with van der Waals surface area (Å²) >= 11 is 0. The molecule has 3 nitrogen and oxygen atoms in total. The van der Waals surface area contributed by atoms with Gasteiger partial charge in [0.1, 0.15) is 0 Å². The molecule has 2 aromatic carbocycles. The van der Waals surface area contributed by atoms with Crippen molar-refractivity contribution in [1.82, 2.24) is 0 Å². The molecule has 0 saturated carbocycles. The van der Waals surface area contributed by atoms with Crippen molar-refractivity contribution in [2.75, 3.05) is 11.4 Å². The topological polar surface area (TPSA) is 40.5 Å². The monoisotopic (exact) mass is 291 g/mol. The SMILES string of the molecule is CCN(Cc1ccccc1)c1ccc(C(=O)O)c(F)c1F. The van der Waals surface area contributed by atoms with E-state index in [1.807, 2.05) is 37.3 Å². The fourth-order valence-electron chi connectivity index (χ4n) is 2.12.